The van der Waals surface area contributed by atoms with Crippen molar-refractivity contribution in [2.24, 2.45) is 5.73 Å². The van der Waals surface area contributed by atoms with E-state index in [0.717, 1.165) is 0 Å². The van der Waals surface area contributed by atoms with Crippen molar-refractivity contribution >= 4 is 24.5 Å². The number of nitrogens with two attached hydrogens (primary N) is 1. The standard InChI is InChI=1S/C3H7NO3.H3O3PS/c4-2(1-5)3(6)7;1-4(2,3)5/h2,5H,1,4H2,(H,6,7);(H3,1,2,3,5). The molecule has 0 heterocycles. The van der Waals surface area contributed by atoms with Crippen molar-refractivity contribution in [3.63, 3.8) is 0 Å². The first kappa shape index (κ1) is 14.4. The lowest BCUT2D eigenvalue weighted by Gasteiger charge is -1.96. The molecular formula is C3H10NO6PS. The van der Waals surface area contributed by atoms with Crippen LogP contribution in [-0.2, 0) is 16.6 Å². The van der Waals surface area contributed by atoms with Gasteiger partial charge in [-0.2, -0.15) is 0 Å². The number of carbonyl (C=O) groups is 1. The van der Waals surface area contributed by atoms with Gasteiger partial charge in [-0.15, -0.1) is 0 Å². The Morgan fingerprint density at radius 1 is 1.50 bits per heavy atom. The Morgan fingerprint density at radius 3 is 1.75 bits per heavy atom. The van der Waals surface area contributed by atoms with Gasteiger partial charge in [0.05, 0.1) is 6.61 Å². The van der Waals surface area contributed by atoms with Crippen LogP contribution < -0.4 is 5.73 Å². The van der Waals surface area contributed by atoms with Crippen molar-refractivity contribution in [3.05, 3.63) is 0 Å². The molecule has 7 nitrogen and oxygen atoms in total. The van der Waals surface area contributed by atoms with Gasteiger partial charge in [0, 0.05) is 0 Å². The largest absolute Gasteiger partial charge is 0.480 e. The topological polar surface area (TPSA) is 144 Å². The van der Waals surface area contributed by atoms with Crippen LogP contribution in [0.15, 0.2) is 0 Å². The van der Waals surface area contributed by atoms with Gasteiger partial charge in [-0.05, 0) is 11.8 Å². The Bertz CT molecular complexity index is 171. The predicted octanol–water partition coefficient (Wildman–Crippen LogP) is -2.42. The number of aliphatic carboxylic acids is 1. The van der Waals surface area contributed by atoms with Crippen molar-refractivity contribution in [2.45, 2.75) is 6.04 Å². The summed E-state index contributed by atoms with van der Waals surface area (Å²) in [6.07, 6.45) is 0. The van der Waals surface area contributed by atoms with E-state index >= 15 is 0 Å². The first-order valence-electron chi connectivity index (χ1n) is 2.56. The molecule has 74 valence electrons. The first-order chi connectivity index (χ1) is 5.18. The molecule has 0 rings (SSSR count). The Morgan fingerprint density at radius 2 is 1.75 bits per heavy atom. The first-order valence-corrected chi connectivity index (χ1v) is 5.22. The van der Waals surface area contributed by atoms with Crippen molar-refractivity contribution in [3.8, 4) is 0 Å². The van der Waals surface area contributed by atoms with Gasteiger partial charge in [-0.1, -0.05) is 0 Å². The summed E-state index contributed by atoms with van der Waals surface area (Å²) in [7, 11) is 0. The van der Waals surface area contributed by atoms with E-state index in [-0.39, 0.29) is 0 Å². The lowest BCUT2D eigenvalue weighted by atomic mass is 10.3. The van der Waals surface area contributed by atoms with Gasteiger partial charge in [0.1, 0.15) is 6.04 Å². The van der Waals surface area contributed by atoms with Gasteiger partial charge >= 0.3 is 12.7 Å². The maximum absolute atomic E-state index is 9.65. The molecule has 9 heteroatoms. The van der Waals surface area contributed by atoms with Crippen LogP contribution in [0, 0.1) is 0 Å². The van der Waals surface area contributed by atoms with Gasteiger partial charge in [-0.3, -0.25) is 4.79 Å². The number of rotatable bonds is 2. The minimum absolute atomic E-state index is 0.505. The van der Waals surface area contributed by atoms with E-state index in [1.54, 1.807) is 0 Å². The minimum Gasteiger partial charge on any atom is -0.480 e. The third kappa shape index (κ3) is 22.5. The van der Waals surface area contributed by atoms with E-state index in [2.05, 4.69) is 11.8 Å². The molecule has 1 unspecified atom stereocenters. The molecule has 0 aromatic heterocycles. The highest BCUT2D eigenvalue weighted by atomic mass is 32.5. The number of hydrogen-bond acceptors (Lipinski definition) is 4. The Kier molecular flexibility index (Phi) is 7.75. The smallest absolute Gasteiger partial charge is 0.322 e. The van der Waals surface area contributed by atoms with Crippen LogP contribution in [0.5, 0.6) is 0 Å². The molecule has 0 spiro atoms. The number of carboxylic acids is 1. The number of carboxylic acid groups (broad SMARTS) is 1. The van der Waals surface area contributed by atoms with E-state index in [9.17, 15) is 4.79 Å². The zero-order valence-corrected chi connectivity index (χ0v) is 7.57. The zero-order chi connectivity index (χ0) is 10.4. The van der Waals surface area contributed by atoms with Crippen LogP contribution in [0.2, 0.25) is 0 Å². The van der Waals surface area contributed by atoms with Gasteiger partial charge in [0.2, 0.25) is 0 Å². The molecule has 0 fully saturated rings. The van der Waals surface area contributed by atoms with Crippen LogP contribution in [-0.4, -0.2) is 43.5 Å². The minimum atomic E-state index is -3.81. The summed E-state index contributed by atoms with van der Waals surface area (Å²) in [5.41, 5.74) is 4.77. The highest BCUT2D eigenvalue weighted by molar-refractivity contribution is 8.06. The fourth-order valence-electron chi connectivity index (χ4n) is 0.0781. The van der Waals surface area contributed by atoms with Crippen molar-refractivity contribution in [1.29, 1.82) is 0 Å². The molecule has 0 aromatic rings. The summed E-state index contributed by atoms with van der Waals surface area (Å²) in [5, 5.41) is 15.9. The van der Waals surface area contributed by atoms with Crippen LogP contribution in [0.1, 0.15) is 0 Å². The highest BCUT2D eigenvalue weighted by Crippen LogP contribution is 2.26. The van der Waals surface area contributed by atoms with Crippen molar-refractivity contribution in [2.75, 3.05) is 6.61 Å². The second kappa shape index (κ2) is 6.44. The predicted molar refractivity (Wildman–Crippen MR) is 43.6 cm³/mol. The molecule has 0 radical (unpaired) electrons. The normalized spacial score (nSPS) is 12.8. The molecule has 12 heavy (non-hydrogen) atoms. The fraction of sp³-hybridized carbons (Fsp3) is 0.667. The van der Waals surface area contributed by atoms with Gasteiger partial charge < -0.3 is 30.6 Å². The molecule has 7 N–H and O–H groups in total. The number of aliphatic hydroxyl groups excluding tert-OH is 1. The monoisotopic (exact) mass is 219 g/mol. The molecular weight excluding hydrogens is 209 g/mol. The molecule has 0 saturated heterocycles. The summed E-state index contributed by atoms with van der Waals surface area (Å²) in [4.78, 5) is 32.3. The van der Waals surface area contributed by atoms with E-state index < -0.39 is 25.3 Å². The molecule has 0 saturated carbocycles. The summed E-state index contributed by atoms with van der Waals surface area (Å²) >= 11 is 3.60. The summed E-state index contributed by atoms with van der Waals surface area (Å²) in [6, 6.07) is -1.13. The molecule has 0 bridgehead atoms. The molecule has 0 aliphatic heterocycles. The average Bonchev–Trinajstić information content (AvgIpc) is 1.82. The third-order valence-corrected chi connectivity index (χ3v) is 0.514. The summed E-state index contributed by atoms with van der Waals surface area (Å²) in [5.74, 6) is -1.18. The third-order valence-electron chi connectivity index (χ3n) is 0.514. The van der Waals surface area contributed by atoms with E-state index in [1.807, 2.05) is 0 Å². The Hall–Kier alpha value is -0.0800. The van der Waals surface area contributed by atoms with Gasteiger partial charge in [-0.25, -0.2) is 0 Å². The Balaban J connectivity index is 0. The lowest BCUT2D eigenvalue weighted by Crippen LogP contribution is -2.33. The molecule has 1 atom stereocenters. The number of aliphatic hydroxyl groups is 1. The second-order valence-electron chi connectivity index (χ2n) is 1.64. The molecule has 0 amide bonds. The van der Waals surface area contributed by atoms with Gasteiger partial charge in [0.25, 0.3) is 0 Å². The van der Waals surface area contributed by atoms with Gasteiger partial charge in [0.15, 0.2) is 0 Å². The van der Waals surface area contributed by atoms with Crippen LogP contribution in [0.3, 0.4) is 0 Å². The fourth-order valence-corrected chi connectivity index (χ4v) is 0.0781. The maximum atomic E-state index is 9.65. The maximum Gasteiger partial charge on any atom is 0.322 e. The second-order valence-corrected chi connectivity index (χ2v) is 4.14. The number of hydrogen-bond donors (Lipinski definition) is 6. The highest BCUT2D eigenvalue weighted by Gasteiger charge is 2.06. The summed E-state index contributed by atoms with van der Waals surface area (Å²) in [6.45, 7) is -4.31. The van der Waals surface area contributed by atoms with E-state index in [1.165, 1.54) is 0 Å². The Labute approximate surface area is 73.3 Å². The van der Waals surface area contributed by atoms with Crippen molar-refractivity contribution < 1.29 is 29.7 Å². The average molecular weight is 219 g/mol. The van der Waals surface area contributed by atoms with Crippen LogP contribution in [0.25, 0.3) is 0 Å². The molecule has 0 aliphatic carbocycles. The lowest BCUT2D eigenvalue weighted by molar-refractivity contribution is -0.139. The summed E-state index contributed by atoms with van der Waals surface area (Å²) < 4.78 is 0. The van der Waals surface area contributed by atoms with Crippen LogP contribution in [0.4, 0.5) is 0 Å². The zero-order valence-electron chi connectivity index (χ0n) is 5.86. The van der Waals surface area contributed by atoms with Crippen molar-refractivity contribution in [1.82, 2.24) is 0 Å². The van der Waals surface area contributed by atoms with E-state index in [0.29, 0.717) is 0 Å². The van der Waals surface area contributed by atoms with E-state index in [4.69, 9.17) is 30.6 Å². The quantitative estimate of drug-likeness (QED) is 0.281. The molecule has 0 aromatic carbocycles. The molecule has 0 aliphatic rings. The SMILES string of the molecule is NC(CO)C(=O)O.OP(O)(O)=S. The van der Waals surface area contributed by atoms with Crippen LogP contribution >= 0.6 is 6.72 Å².